The largest absolute Gasteiger partial charge is 0.241 e. The molecule has 0 N–H and O–H groups in total. The molecule has 0 aliphatic carbocycles. The van der Waals surface area contributed by atoms with Crippen LogP contribution < -0.4 is 0 Å². The molecule has 0 radical (unpaired) electrons. The van der Waals surface area contributed by atoms with Gasteiger partial charge in [0, 0.05) is 23.3 Å². The van der Waals surface area contributed by atoms with E-state index in [-0.39, 0.29) is 0 Å². The van der Waals surface area contributed by atoms with E-state index in [4.69, 9.17) is 5.26 Å². The lowest BCUT2D eigenvalue weighted by Gasteiger charge is -2.04. The van der Waals surface area contributed by atoms with Gasteiger partial charge in [-0.25, -0.2) is 4.98 Å². The zero-order chi connectivity index (χ0) is 13.1. The van der Waals surface area contributed by atoms with Gasteiger partial charge in [-0.2, -0.15) is 5.26 Å². The van der Waals surface area contributed by atoms with Crippen LogP contribution in [0.5, 0.6) is 0 Å². The van der Waals surface area contributed by atoms with Crippen LogP contribution in [0.1, 0.15) is 27.4 Å². The van der Waals surface area contributed by atoms with Crippen LogP contribution in [0.3, 0.4) is 0 Å². The Morgan fingerprint density at radius 3 is 2.72 bits per heavy atom. The number of rotatable bonds is 3. The fourth-order valence-corrected chi connectivity index (χ4v) is 3.00. The number of hydrogen-bond donors (Lipinski definition) is 0. The van der Waals surface area contributed by atoms with Crippen molar-refractivity contribution in [3.63, 3.8) is 0 Å². The van der Waals surface area contributed by atoms with E-state index in [0.717, 1.165) is 17.1 Å². The van der Waals surface area contributed by atoms with Crippen molar-refractivity contribution in [3.05, 3.63) is 39.2 Å². The summed E-state index contributed by atoms with van der Waals surface area (Å²) in [6.45, 7) is 6.32. The van der Waals surface area contributed by atoms with Gasteiger partial charge in [0.05, 0.1) is 16.8 Å². The molecule has 0 bridgehead atoms. The van der Waals surface area contributed by atoms with E-state index in [1.807, 2.05) is 0 Å². The minimum absolute atomic E-state index is 0.541. The van der Waals surface area contributed by atoms with Gasteiger partial charge in [0.2, 0.25) is 0 Å². The summed E-state index contributed by atoms with van der Waals surface area (Å²) in [7, 11) is 0. The van der Waals surface area contributed by atoms with Crippen LogP contribution in [0.25, 0.3) is 11.3 Å². The maximum absolute atomic E-state index is 8.62. The van der Waals surface area contributed by atoms with Gasteiger partial charge >= 0.3 is 0 Å². The first kappa shape index (κ1) is 12.8. The predicted octanol–water partition coefficient (Wildman–Crippen LogP) is 4.19. The SMILES string of the molecule is Cc1ccc(-c2nc(CCC#N)sc2C)c(C)c1. The van der Waals surface area contributed by atoms with Gasteiger partial charge in [0.25, 0.3) is 0 Å². The first-order valence-corrected chi connectivity index (χ1v) is 6.84. The van der Waals surface area contributed by atoms with Crippen LogP contribution in [0, 0.1) is 32.1 Å². The number of thiazole rings is 1. The number of aryl methyl sites for hydroxylation is 4. The molecule has 0 amide bonds. The minimum Gasteiger partial charge on any atom is -0.241 e. The highest BCUT2D eigenvalue weighted by molar-refractivity contribution is 7.12. The van der Waals surface area contributed by atoms with E-state index < -0.39 is 0 Å². The molecule has 1 heterocycles. The Balaban J connectivity index is 2.38. The van der Waals surface area contributed by atoms with Gasteiger partial charge in [-0.3, -0.25) is 0 Å². The highest BCUT2D eigenvalue weighted by Gasteiger charge is 2.11. The highest BCUT2D eigenvalue weighted by Crippen LogP contribution is 2.30. The second kappa shape index (κ2) is 5.32. The van der Waals surface area contributed by atoms with Crippen molar-refractivity contribution in [2.45, 2.75) is 33.6 Å². The van der Waals surface area contributed by atoms with Crippen molar-refractivity contribution in [1.29, 1.82) is 5.26 Å². The standard InChI is InChI=1S/C15H16N2S/c1-10-6-7-13(11(2)9-10)15-12(3)18-14(17-15)5-4-8-16/h6-7,9H,4-5H2,1-3H3. The molecule has 0 saturated heterocycles. The second-order valence-electron chi connectivity index (χ2n) is 4.49. The third kappa shape index (κ3) is 2.60. The van der Waals surface area contributed by atoms with Crippen LogP contribution >= 0.6 is 11.3 Å². The molecular weight excluding hydrogens is 240 g/mol. The van der Waals surface area contributed by atoms with Gasteiger partial charge in [-0.1, -0.05) is 23.8 Å². The Morgan fingerprint density at radius 2 is 2.06 bits per heavy atom. The molecule has 18 heavy (non-hydrogen) atoms. The maximum atomic E-state index is 8.62. The molecule has 0 saturated carbocycles. The third-order valence-electron chi connectivity index (χ3n) is 2.93. The lowest BCUT2D eigenvalue weighted by Crippen LogP contribution is -1.88. The van der Waals surface area contributed by atoms with Gasteiger partial charge in [0.15, 0.2) is 0 Å². The first-order valence-electron chi connectivity index (χ1n) is 6.02. The van der Waals surface area contributed by atoms with Crippen LogP contribution in [-0.4, -0.2) is 4.98 Å². The van der Waals surface area contributed by atoms with Crippen molar-refractivity contribution in [2.24, 2.45) is 0 Å². The van der Waals surface area contributed by atoms with Gasteiger partial charge in [-0.05, 0) is 26.3 Å². The van der Waals surface area contributed by atoms with Crippen molar-refractivity contribution < 1.29 is 0 Å². The monoisotopic (exact) mass is 256 g/mol. The summed E-state index contributed by atoms with van der Waals surface area (Å²) in [6.07, 6.45) is 1.30. The molecule has 1 aromatic carbocycles. The van der Waals surface area contributed by atoms with Crippen LogP contribution in [0.4, 0.5) is 0 Å². The quantitative estimate of drug-likeness (QED) is 0.825. The normalized spacial score (nSPS) is 10.3. The summed E-state index contributed by atoms with van der Waals surface area (Å²) in [5.74, 6) is 0. The number of aromatic nitrogens is 1. The maximum Gasteiger partial charge on any atom is 0.0945 e. The molecule has 92 valence electrons. The van der Waals surface area contributed by atoms with E-state index in [1.165, 1.54) is 21.6 Å². The average Bonchev–Trinajstić information content (AvgIpc) is 2.68. The lowest BCUT2D eigenvalue weighted by molar-refractivity contribution is 0.990. The predicted molar refractivity (Wildman–Crippen MR) is 75.7 cm³/mol. The van der Waals surface area contributed by atoms with Crippen LogP contribution in [0.2, 0.25) is 0 Å². The van der Waals surface area contributed by atoms with Crippen molar-refractivity contribution in [3.8, 4) is 17.3 Å². The van der Waals surface area contributed by atoms with E-state index in [1.54, 1.807) is 11.3 Å². The van der Waals surface area contributed by atoms with Crippen molar-refractivity contribution in [2.75, 3.05) is 0 Å². The van der Waals surface area contributed by atoms with Crippen molar-refractivity contribution in [1.82, 2.24) is 4.98 Å². The Hall–Kier alpha value is -1.66. The number of benzene rings is 1. The molecule has 3 heteroatoms. The Labute approximate surface area is 112 Å². The molecule has 0 fully saturated rings. The van der Waals surface area contributed by atoms with E-state index in [9.17, 15) is 0 Å². The molecule has 0 spiro atoms. The first-order chi connectivity index (χ1) is 8.61. The summed E-state index contributed by atoms with van der Waals surface area (Å²) in [4.78, 5) is 5.91. The Kier molecular flexibility index (Phi) is 3.78. The van der Waals surface area contributed by atoms with Gasteiger partial charge in [-0.15, -0.1) is 11.3 Å². The molecule has 0 aliphatic heterocycles. The highest BCUT2D eigenvalue weighted by atomic mass is 32.1. The smallest absolute Gasteiger partial charge is 0.0945 e. The summed E-state index contributed by atoms with van der Waals surface area (Å²) >= 11 is 1.70. The molecule has 1 aromatic heterocycles. The lowest BCUT2D eigenvalue weighted by atomic mass is 10.0. The second-order valence-corrected chi connectivity index (χ2v) is 5.78. The fourth-order valence-electron chi connectivity index (χ4n) is 2.05. The number of nitrogens with zero attached hydrogens (tertiary/aromatic N) is 2. The molecule has 2 nitrogen and oxygen atoms in total. The molecular formula is C15H16N2S. The van der Waals surface area contributed by atoms with Gasteiger partial charge < -0.3 is 0 Å². The zero-order valence-electron chi connectivity index (χ0n) is 10.9. The molecule has 2 aromatic rings. The molecule has 0 unspecified atom stereocenters. The fraction of sp³-hybridized carbons (Fsp3) is 0.333. The summed E-state index contributed by atoms with van der Waals surface area (Å²) in [5, 5.41) is 9.68. The third-order valence-corrected chi connectivity index (χ3v) is 3.96. The van der Waals surface area contributed by atoms with E-state index >= 15 is 0 Å². The van der Waals surface area contributed by atoms with Gasteiger partial charge in [0.1, 0.15) is 0 Å². The van der Waals surface area contributed by atoms with Crippen molar-refractivity contribution >= 4 is 11.3 Å². The summed E-state index contributed by atoms with van der Waals surface area (Å²) in [5.41, 5.74) is 4.81. The average molecular weight is 256 g/mol. The number of hydrogen-bond acceptors (Lipinski definition) is 3. The molecule has 0 aliphatic rings. The van der Waals surface area contributed by atoms with Crippen LogP contribution in [-0.2, 0) is 6.42 Å². The topological polar surface area (TPSA) is 36.7 Å². The minimum atomic E-state index is 0.541. The summed E-state index contributed by atoms with van der Waals surface area (Å²) in [6, 6.07) is 8.61. The molecule has 2 rings (SSSR count). The Bertz CT molecular complexity index is 605. The zero-order valence-corrected chi connectivity index (χ0v) is 11.8. The van der Waals surface area contributed by atoms with Crippen LogP contribution in [0.15, 0.2) is 18.2 Å². The number of nitriles is 1. The van der Waals surface area contributed by atoms with E-state index in [0.29, 0.717) is 6.42 Å². The van der Waals surface area contributed by atoms with E-state index in [2.05, 4.69) is 50.0 Å². The molecule has 0 atom stereocenters. The summed E-state index contributed by atoms with van der Waals surface area (Å²) < 4.78 is 0. The Morgan fingerprint density at radius 1 is 1.28 bits per heavy atom.